The van der Waals surface area contributed by atoms with Crippen molar-refractivity contribution in [2.75, 3.05) is 0 Å². The molecule has 0 radical (unpaired) electrons. The van der Waals surface area contributed by atoms with Gasteiger partial charge < -0.3 is 5.32 Å². The Bertz CT molecular complexity index is 647. The minimum absolute atomic E-state index is 0.690. The second-order valence-electron chi connectivity index (χ2n) is 5.32. The minimum atomic E-state index is 0.690. The third kappa shape index (κ3) is 2.78. The van der Waals surface area contributed by atoms with Gasteiger partial charge in [-0.3, -0.25) is 0 Å². The molecule has 1 aromatic heterocycles. The van der Waals surface area contributed by atoms with Crippen molar-refractivity contribution in [1.82, 2.24) is 15.1 Å². The molecule has 2 aromatic rings. The van der Waals surface area contributed by atoms with Crippen LogP contribution in [0.2, 0.25) is 5.02 Å². The van der Waals surface area contributed by atoms with Crippen LogP contribution < -0.4 is 5.32 Å². The van der Waals surface area contributed by atoms with E-state index in [4.69, 9.17) is 11.6 Å². The van der Waals surface area contributed by atoms with Gasteiger partial charge in [-0.25, -0.2) is 4.68 Å². The zero-order chi connectivity index (χ0) is 14.3. The van der Waals surface area contributed by atoms with Crippen LogP contribution in [-0.2, 0) is 6.54 Å². The Morgan fingerprint density at radius 2 is 2.15 bits per heavy atom. The van der Waals surface area contributed by atoms with Gasteiger partial charge in [0.1, 0.15) is 0 Å². The zero-order valence-electron chi connectivity index (χ0n) is 11.6. The van der Waals surface area contributed by atoms with Crippen molar-refractivity contribution in [2.45, 2.75) is 39.3 Å². The number of nitrogens with zero attached hydrogens (tertiary/aromatic N) is 2. The molecule has 0 atom stereocenters. The summed E-state index contributed by atoms with van der Waals surface area (Å²) in [4.78, 5) is 0. The lowest BCUT2D eigenvalue weighted by molar-refractivity contribution is 0.679. The van der Waals surface area contributed by atoms with Crippen molar-refractivity contribution in [3.05, 3.63) is 44.6 Å². The first-order chi connectivity index (χ1) is 9.56. The van der Waals surface area contributed by atoms with E-state index in [1.54, 1.807) is 0 Å². The lowest BCUT2D eigenvalue weighted by Crippen LogP contribution is -2.17. The predicted octanol–water partition coefficient (Wildman–Crippen LogP) is 4.16. The van der Waals surface area contributed by atoms with Gasteiger partial charge in [-0.2, -0.15) is 5.10 Å². The number of aryl methyl sites for hydroxylation is 1. The first-order valence-electron chi connectivity index (χ1n) is 6.80. The number of hydrogen-bond acceptors (Lipinski definition) is 2. The second kappa shape index (κ2) is 5.51. The molecule has 1 aliphatic rings. The van der Waals surface area contributed by atoms with Gasteiger partial charge >= 0.3 is 0 Å². The molecule has 0 bridgehead atoms. The van der Waals surface area contributed by atoms with Gasteiger partial charge in [0.2, 0.25) is 0 Å². The van der Waals surface area contributed by atoms with E-state index in [0.717, 1.165) is 33.1 Å². The lowest BCUT2D eigenvalue weighted by Gasteiger charge is -2.12. The third-order valence-corrected chi connectivity index (χ3v) is 4.68. The maximum Gasteiger partial charge on any atom is 0.0848 e. The summed E-state index contributed by atoms with van der Waals surface area (Å²) in [5.41, 5.74) is 4.17. The second-order valence-corrected chi connectivity index (χ2v) is 6.62. The fourth-order valence-corrected chi connectivity index (χ4v) is 2.75. The van der Waals surface area contributed by atoms with Gasteiger partial charge in [0, 0.05) is 17.1 Å². The van der Waals surface area contributed by atoms with Crippen LogP contribution in [0.25, 0.3) is 5.69 Å². The molecule has 1 fully saturated rings. The molecule has 1 N–H and O–H groups in total. The molecule has 0 amide bonds. The average molecular weight is 355 g/mol. The summed E-state index contributed by atoms with van der Waals surface area (Å²) in [5, 5.41) is 8.86. The highest BCUT2D eigenvalue weighted by Gasteiger charge is 2.21. The van der Waals surface area contributed by atoms with Crippen LogP contribution in [0.15, 0.2) is 22.7 Å². The Kier molecular flexibility index (Phi) is 3.89. The molecule has 5 heteroatoms. The minimum Gasteiger partial charge on any atom is -0.310 e. The van der Waals surface area contributed by atoms with Crippen LogP contribution in [0.4, 0.5) is 0 Å². The van der Waals surface area contributed by atoms with Crippen molar-refractivity contribution in [3.63, 3.8) is 0 Å². The number of benzene rings is 1. The van der Waals surface area contributed by atoms with Crippen LogP contribution in [-0.4, -0.2) is 15.8 Å². The van der Waals surface area contributed by atoms with Crippen LogP contribution in [0.1, 0.15) is 29.8 Å². The molecule has 106 valence electrons. The number of aromatic nitrogens is 2. The molecule has 1 aromatic carbocycles. The van der Waals surface area contributed by atoms with Crippen LogP contribution in [0, 0.1) is 13.8 Å². The van der Waals surface area contributed by atoms with E-state index in [1.807, 2.05) is 18.5 Å². The van der Waals surface area contributed by atoms with E-state index < -0.39 is 0 Å². The molecular weight excluding hydrogens is 338 g/mol. The Morgan fingerprint density at radius 3 is 2.75 bits per heavy atom. The first-order valence-corrected chi connectivity index (χ1v) is 7.97. The highest BCUT2D eigenvalue weighted by atomic mass is 79.9. The molecule has 3 rings (SSSR count). The molecule has 1 heterocycles. The van der Waals surface area contributed by atoms with Gasteiger partial charge in [-0.1, -0.05) is 33.6 Å². The van der Waals surface area contributed by atoms with Crippen LogP contribution in [0.5, 0.6) is 0 Å². The van der Waals surface area contributed by atoms with Crippen molar-refractivity contribution in [2.24, 2.45) is 0 Å². The van der Waals surface area contributed by atoms with Gasteiger partial charge in [0.15, 0.2) is 0 Å². The highest BCUT2D eigenvalue weighted by Crippen LogP contribution is 2.27. The summed E-state index contributed by atoms with van der Waals surface area (Å²) in [7, 11) is 0. The summed E-state index contributed by atoms with van der Waals surface area (Å²) < 4.78 is 2.98. The van der Waals surface area contributed by atoms with Gasteiger partial charge in [0.25, 0.3) is 0 Å². The quantitative estimate of drug-likeness (QED) is 0.893. The van der Waals surface area contributed by atoms with Crippen molar-refractivity contribution < 1.29 is 0 Å². The van der Waals surface area contributed by atoms with E-state index in [-0.39, 0.29) is 0 Å². The Hall–Kier alpha value is -0.840. The normalized spacial score (nSPS) is 14.8. The molecule has 0 aliphatic heterocycles. The highest BCUT2D eigenvalue weighted by molar-refractivity contribution is 9.10. The van der Waals surface area contributed by atoms with Crippen LogP contribution in [0.3, 0.4) is 0 Å². The lowest BCUT2D eigenvalue weighted by atomic mass is 10.1. The zero-order valence-corrected chi connectivity index (χ0v) is 13.9. The fourth-order valence-electron chi connectivity index (χ4n) is 2.28. The summed E-state index contributed by atoms with van der Waals surface area (Å²) in [5.74, 6) is 0. The van der Waals surface area contributed by atoms with Crippen molar-refractivity contribution in [1.29, 1.82) is 0 Å². The number of halogens is 2. The maximum absolute atomic E-state index is 6.27. The van der Waals surface area contributed by atoms with Gasteiger partial charge in [0.05, 0.1) is 22.1 Å². The van der Waals surface area contributed by atoms with Gasteiger partial charge in [-0.05, 0) is 44.4 Å². The van der Waals surface area contributed by atoms with Crippen molar-refractivity contribution >= 4 is 27.5 Å². The standard InChI is InChI=1S/C15H17BrClN3/c1-9-15(17)10(2)20(19-9)14-7-12(16)4-3-11(14)8-18-13-5-6-13/h3-4,7,13,18H,5-6,8H2,1-2H3. The Balaban J connectivity index is 2.00. The average Bonchev–Trinajstić information content (AvgIpc) is 3.21. The summed E-state index contributed by atoms with van der Waals surface area (Å²) in [6.07, 6.45) is 2.58. The molecule has 0 spiro atoms. The van der Waals surface area contributed by atoms with E-state index in [1.165, 1.54) is 18.4 Å². The number of hydrogen-bond donors (Lipinski definition) is 1. The summed E-state index contributed by atoms with van der Waals surface area (Å²) >= 11 is 9.81. The van der Waals surface area contributed by atoms with E-state index in [2.05, 4.69) is 44.5 Å². The van der Waals surface area contributed by atoms with E-state index in [9.17, 15) is 0 Å². The van der Waals surface area contributed by atoms with Crippen LogP contribution >= 0.6 is 27.5 Å². The maximum atomic E-state index is 6.27. The Labute approximate surface area is 132 Å². The predicted molar refractivity (Wildman–Crippen MR) is 85.6 cm³/mol. The molecule has 20 heavy (non-hydrogen) atoms. The SMILES string of the molecule is Cc1nn(-c2cc(Br)ccc2CNC2CC2)c(C)c1Cl. The topological polar surface area (TPSA) is 29.9 Å². The fraction of sp³-hybridized carbons (Fsp3) is 0.400. The van der Waals surface area contributed by atoms with E-state index >= 15 is 0 Å². The first kappa shape index (κ1) is 14.1. The third-order valence-electron chi connectivity index (χ3n) is 3.64. The Morgan fingerprint density at radius 1 is 1.40 bits per heavy atom. The summed E-state index contributed by atoms with van der Waals surface area (Å²) in [6.45, 7) is 4.80. The molecule has 0 unspecified atom stereocenters. The number of nitrogens with one attached hydrogen (secondary N) is 1. The number of rotatable bonds is 4. The monoisotopic (exact) mass is 353 g/mol. The van der Waals surface area contributed by atoms with E-state index in [0.29, 0.717) is 6.04 Å². The molecular formula is C15H17BrClN3. The summed E-state index contributed by atoms with van der Waals surface area (Å²) in [6, 6.07) is 7.00. The smallest absolute Gasteiger partial charge is 0.0848 e. The van der Waals surface area contributed by atoms with Gasteiger partial charge in [-0.15, -0.1) is 0 Å². The molecule has 3 nitrogen and oxygen atoms in total. The largest absolute Gasteiger partial charge is 0.310 e. The van der Waals surface area contributed by atoms with Crippen molar-refractivity contribution in [3.8, 4) is 5.69 Å². The molecule has 0 saturated heterocycles. The molecule has 1 aliphatic carbocycles. The molecule has 1 saturated carbocycles.